The van der Waals surface area contributed by atoms with E-state index in [-0.39, 0.29) is 9.14 Å². The predicted molar refractivity (Wildman–Crippen MR) is 97.8 cm³/mol. The van der Waals surface area contributed by atoms with Crippen molar-refractivity contribution in [1.29, 1.82) is 0 Å². The monoisotopic (exact) mass is 438 g/mol. The highest BCUT2D eigenvalue weighted by Gasteiger charge is 2.66. The Morgan fingerprint density at radius 1 is 1.39 bits per heavy atom. The van der Waals surface area contributed by atoms with Gasteiger partial charge in [0.05, 0.1) is 26.8 Å². The molecule has 120 valence electrons. The first-order chi connectivity index (χ1) is 10.8. The first-order valence-corrected chi connectivity index (χ1v) is 8.74. The van der Waals surface area contributed by atoms with Crippen LogP contribution in [0.1, 0.15) is 24.5 Å². The number of rotatable bonds is 4. The molecule has 0 saturated heterocycles. The predicted octanol–water partition coefficient (Wildman–Crippen LogP) is 3.73. The third-order valence-corrected chi connectivity index (χ3v) is 6.45. The third kappa shape index (κ3) is 3.12. The van der Waals surface area contributed by atoms with E-state index in [0.29, 0.717) is 0 Å². The minimum absolute atomic E-state index is 0.122. The van der Waals surface area contributed by atoms with Crippen molar-refractivity contribution in [2.75, 3.05) is 0 Å². The van der Waals surface area contributed by atoms with Crippen LogP contribution in [0.2, 0.25) is 0 Å². The second-order valence-corrected chi connectivity index (χ2v) is 9.75. The van der Waals surface area contributed by atoms with Gasteiger partial charge in [-0.2, -0.15) is 10.2 Å². The molecule has 1 aliphatic carbocycles. The van der Waals surface area contributed by atoms with Crippen LogP contribution in [0.25, 0.3) is 11.3 Å². The molecule has 2 N–H and O–H groups in total. The summed E-state index contributed by atoms with van der Waals surface area (Å²) in [6, 6.07) is 8.12. The first-order valence-electron chi connectivity index (χ1n) is 7.15. The Morgan fingerprint density at radius 3 is 2.65 bits per heavy atom. The molecule has 23 heavy (non-hydrogen) atoms. The van der Waals surface area contributed by atoms with Crippen molar-refractivity contribution >= 4 is 44.0 Å². The summed E-state index contributed by atoms with van der Waals surface area (Å²) in [5, 5.41) is 11.1. The van der Waals surface area contributed by atoms with Crippen LogP contribution in [0, 0.1) is 12.3 Å². The molecule has 1 aromatic carbocycles. The van der Waals surface area contributed by atoms with Crippen LogP contribution in [-0.2, 0) is 4.79 Å². The maximum atomic E-state index is 12.2. The number of hydrogen-bond acceptors (Lipinski definition) is 3. The number of halogens is 2. The standard InChI is InChI=1S/C16H16Br2N4O/c1-10-3-5-11(6-4-10)13-12(7-19-21-13)8-20-22-14(23)15(2)9-16(15,17)18/h3-8H,9H2,1-2H3,(H,19,21)(H,22,23)/t15-/m1/s1. The molecule has 5 nitrogen and oxygen atoms in total. The van der Waals surface area contributed by atoms with Gasteiger partial charge in [0, 0.05) is 11.1 Å². The lowest BCUT2D eigenvalue weighted by Crippen LogP contribution is -2.29. The third-order valence-electron chi connectivity index (χ3n) is 4.14. The van der Waals surface area contributed by atoms with Crippen LogP contribution in [0.5, 0.6) is 0 Å². The Kier molecular flexibility index (Phi) is 4.18. The molecule has 0 spiro atoms. The lowest BCUT2D eigenvalue weighted by molar-refractivity contribution is -0.125. The van der Waals surface area contributed by atoms with Gasteiger partial charge in [-0.25, -0.2) is 5.43 Å². The van der Waals surface area contributed by atoms with Crippen molar-refractivity contribution in [2.24, 2.45) is 10.5 Å². The van der Waals surface area contributed by atoms with Crippen LogP contribution in [0.4, 0.5) is 0 Å². The SMILES string of the molecule is Cc1ccc(-c2[nH]ncc2C=NNC(=O)[C@@]2(C)CC2(Br)Br)cc1. The van der Waals surface area contributed by atoms with E-state index in [2.05, 4.69) is 52.6 Å². The summed E-state index contributed by atoms with van der Waals surface area (Å²) in [6.07, 6.45) is 4.01. The number of nitrogens with one attached hydrogen (secondary N) is 2. The fraction of sp³-hybridized carbons (Fsp3) is 0.312. The number of aromatic nitrogens is 2. The normalized spacial score (nSPS) is 22.3. The number of H-pyrrole nitrogens is 1. The second kappa shape index (κ2) is 5.87. The highest BCUT2D eigenvalue weighted by molar-refractivity contribution is 9.25. The molecule has 0 bridgehead atoms. The quantitative estimate of drug-likeness (QED) is 0.432. The molecule has 0 unspecified atom stereocenters. The van der Waals surface area contributed by atoms with Gasteiger partial charge in [-0.1, -0.05) is 61.7 Å². The number of carbonyl (C=O) groups excluding carboxylic acids is 1. The molecule has 3 rings (SSSR count). The number of nitrogens with zero attached hydrogens (tertiary/aromatic N) is 2. The van der Waals surface area contributed by atoms with Gasteiger partial charge >= 0.3 is 0 Å². The fourth-order valence-corrected chi connectivity index (χ4v) is 3.76. The molecule has 1 saturated carbocycles. The Hall–Kier alpha value is -1.47. The van der Waals surface area contributed by atoms with E-state index in [1.54, 1.807) is 12.4 Å². The zero-order valence-electron chi connectivity index (χ0n) is 12.7. The van der Waals surface area contributed by atoms with Crippen molar-refractivity contribution in [3.63, 3.8) is 0 Å². The van der Waals surface area contributed by atoms with E-state index in [1.807, 2.05) is 38.1 Å². The molecular formula is C16H16Br2N4O. The number of aromatic amines is 1. The second-order valence-electron chi connectivity index (χ2n) is 5.98. The Balaban J connectivity index is 1.71. The molecule has 1 aliphatic rings. The van der Waals surface area contributed by atoms with Gasteiger partial charge in [0.1, 0.15) is 0 Å². The zero-order valence-corrected chi connectivity index (χ0v) is 15.9. The molecule has 1 aromatic heterocycles. The van der Waals surface area contributed by atoms with Gasteiger partial charge in [-0.15, -0.1) is 0 Å². The number of benzene rings is 1. The summed E-state index contributed by atoms with van der Waals surface area (Å²) < 4.78 is -0.324. The van der Waals surface area contributed by atoms with Crippen molar-refractivity contribution in [3.05, 3.63) is 41.6 Å². The van der Waals surface area contributed by atoms with Gasteiger partial charge in [-0.3, -0.25) is 9.89 Å². The first kappa shape index (κ1) is 16.4. The van der Waals surface area contributed by atoms with Gasteiger partial charge in [0.2, 0.25) is 5.91 Å². The summed E-state index contributed by atoms with van der Waals surface area (Å²) in [5.74, 6) is -0.122. The average Bonchev–Trinajstić information content (AvgIpc) is 2.86. The lowest BCUT2D eigenvalue weighted by Gasteiger charge is -2.09. The van der Waals surface area contributed by atoms with Gasteiger partial charge in [-0.05, 0) is 20.3 Å². The minimum atomic E-state index is -0.486. The molecule has 1 atom stereocenters. The van der Waals surface area contributed by atoms with Crippen molar-refractivity contribution in [2.45, 2.75) is 23.5 Å². The highest BCUT2D eigenvalue weighted by atomic mass is 79.9. The van der Waals surface area contributed by atoms with E-state index in [4.69, 9.17) is 0 Å². The maximum Gasteiger partial charge on any atom is 0.248 e. The molecule has 1 fully saturated rings. The summed E-state index contributed by atoms with van der Waals surface area (Å²) in [4.78, 5) is 12.2. The summed E-state index contributed by atoms with van der Waals surface area (Å²) in [7, 11) is 0. The van der Waals surface area contributed by atoms with Gasteiger partial charge in [0.15, 0.2) is 0 Å². The van der Waals surface area contributed by atoms with E-state index >= 15 is 0 Å². The lowest BCUT2D eigenvalue weighted by atomic mass is 10.1. The molecule has 1 heterocycles. The number of hydrazone groups is 1. The largest absolute Gasteiger partial charge is 0.277 e. The summed E-state index contributed by atoms with van der Waals surface area (Å²) in [6.45, 7) is 3.93. The van der Waals surface area contributed by atoms with E-state index < -0.39 is 5.41 Å². The van der Waals surface area contributed by atoms with Crippen LogP contribution < -0.4 is 5.43 Å². The van der Waals surface area contributed by atoms with E-state index in [9.17, 15) is 4.79 Å². The number of carbonyl (C=O) groups is 1. The Morgan fingerprint density at radius 2 is 2.04 bits per heavy atom. The molecular weight excluding hydrogens is 424 g/mol. The molecule has 0 aliphatic heterocycles. The van der Waals surface area contributed by atoms with Crippen LogP contribution >= 0.6 is 31.9 Å². The van der Waals surface area contributed by atoms with Crippen LogP contribution in [0.15, 0.2) is 35.6 Å². The van der Waals surface area contributed by atoms with Crippen molar-refractivity contribution in [1.82, 2.24) is 15.6 Å². The van der Waals surface area contributed by atoms with Crippen LogP contribution in [0.3, 0.4) is 0 Å². The maximum absolute atomic E-state index is 12.2. The molecule has 0 radical (unpaired) electrons. The number of alkyl halides is 2. The topological polar surface area (TPSA) is 70.1 Å². The van der Waals surface area contributed by atoms with Gasteiger partial charge in [0.25, 0.3) is 0 Å². The van der Waals surface area contributed by atoms with Gasteiger partial charge < -0.3 is 0 Å². The highest BCUT2D eigenvalue weighted by Crippen LogP contribution is 2.66. The Bertz CT molecular complexity index is 767. The summed E-state index contributed by atoms with van der Waals surface area (Å²) in [5.41, 5.74) is 6.02. The molecule has 1 amide bonds. The minimum Gasteiger partial charge on any atom is -0.277 e. The average molecular weight is 440 g/mol. The van der Waals surface area contributed by atoms with Crippen molar-refractivity contribution < 1.29 is 4.79 Å². The molecule has 7 heteroatoms. The number of aryl methyl sites for hydroxylation is 1. The summed E-state index contributed by atoms with van der Waals surface area (Å²) >= 11 is 6.95. The zero-order chi connectivity index (χ0) is 16.7. The Labute approximate surface area is 151 Å². The van der Waals surface area contributed by atoms with Crippen molar-refractivity contribution in [3.8, 4) is 11.3 Å². The van der Waals surface area contributed by atoms with Crippen LogP contribution in [-0.4, -0.2) is 25.6 Å². The fourth-order valence-electron chi connectivity index (χ4n) is 2.27. The smallest absolute Gasteiger partial charge is 0.248 e. The number of hydrogen-bond donors (Lipinski definition) is 2. The van der Waals surface area contributed by atoms with E-state index in [0.717, 1.165) is 23.2 Å². The molecule has 2 aromatic rings. The number of amides is 1. The van der Waals surface area contributed by atoms with E-state index in [1.165, 1.54) is 5.56 Å².